The first-order chi connectivity index (χ1) is 12.3. The molecule has 0 saturated heterocycles. The lowest BCUT2D eigenvalue weighted by Gasteiger charge is -2.08. The summed E-state index contributed by atoms with van der Waals surface area (Å²) >= 11 is 0. The number of fused-ring (bicyclic) bond motifs is 1. The molecule has 138 valence electrons. The van der Waals surface area contributed by atoms with Gasteiger partial charge in [0.1, 0.15) is 11.1 Å². The maximum Gasteiger partial charge on any atom is 0.416 e. The highest BCUT2D eigenvalue weighted by Gasteiger charge is 2.30. The van der Waals surface area contributed by atoms with E-state index in [1.165, 1.54) is 16.8 Å². The molecule has 1 aromatic carbocycles. The van der Waals surface area contributed by atoms with Crippen molar-refractivity contribution in [1.29, 1.82) is 0 Å². The smallest absolute Gasteiger partial charge is 0.416 e. The fourth-order valence-corrected chi connectivity index (χ4v) is 2.53. The molecule has 2 N–H and O–H groups in total. The van der Waals surface area contributed by atoms with Crippen molar-refractivity contribution in [1.82, 2.24) is 19.7 Å². The summed E-state index contributed by atoms with van der Waals surface area (Å²) in [6, 6.07) is 4.60. The first-order valence-electron chi connectivity index (χ1n) is 7.73. The minimum atomic E-state index is -4.41. The van der Waals surface area contributed by atoms with E-state index in [0.717, 1.165) is 12.1 Å². The Morgan fingerprint density at radius 3 is 2.54 bits per heavy atom. The molecule has 0 fully saturated rings. The summed E-state index contributed by atoms with van der Waals surface area (Å²) < 4.78 is 44.5. The van der Waals surface area contributed by atoms with E-state index < -0.39 is 23.9 Å². The minimum absolute atomic E-state index is 0.00283. The second-order valence-corrected chi connectivity index (χ2v) is 5.46. The van der Waals surface area contributed by atoms with Crippen molar-refractivity contribution in [2.45, 2.75) is 26.3 Å². The van der Waals surface area contributed by atoms with Gasteiger partial charge in [-0.15, -0.1) is 0 Å². The number of aliphatic hydroxyl groups excluding tert-OH is 1. The van der Waals surface area contributed by atoms with Gasteiger partial charge < -0.3 is 9.84 Å². The molecule has 0 aliphatic heterocycles. The van der Waals surface area contributed by atoms with Crippen molar-refractivity contribution in [3.05, 3.63) is 51.4 Å². The summed E-state index contributed by atoms with van der Waals surface area (Å²) in [5, 5.41) is 13.7. The molecule has 0 saturated carbocycles. The lowest BCUT2D eigenvalue weighted by molar-refractivity contribution is -0.137. The Morgan fingerprint density at radius 2 is 1.96 bits per heavy atom. The lowest BCUT2D eigenvalue weighted by atomic mass is 10.1. The van der Waals surface area contributed by atoms with Gasteiger partial charge in [-0.25, -0.2) is 4.68 Å². The van der Waals surface area contributed by atoms with Crippen LogP contribution in [0.1, 0.15) is 23.7 Å². The molecule has 0 atom stereocenters. The molecule has 3 aromatic rings. The number of aromatic amines is 1. The average Bonchev–Trinajstić information content (AvgIpc) is 2.93. The molecule has 0 bridgehead atoms. The number of hydrogen-bond acceptors (Lipinski definition) is 5. The van der Waals surface area contributed by atoms with E-state index in [0.29, 0.717) is 5.56 Å². The number of aliphatic hydroxyl groups is 1. The van der Waals surface area contributed by atoms with E-state index in [-0.39, 0.29) is 35.9 Å². The Balaban J connectivity index is 2.03. The molecule has 10 heteroatoms. The van der Waals surface area contributed by atoms with Gasteiger partial charge in [0, 0.05) is 0 Å². The predicted octanol–water partition coefficient (Wildman–Crippen LogP) is 2.08. The number of benzene rings is 1. The standard InChI is InChI=1S/C16H15F3N4O3/c1-2-26-15-20-13-12(14(25)21-15)11(8-24)22-23(13)7-9-3-5-10(6-4-9)16(17,18)19/h3-6,24H,2,7-8H2,1H3,(H,20,21,25). The summed E-state index contributed by atoms with van der Waals surface area (Å²) in [4.78, 5) is 18.8. The number of hydrogen-bond donors (Lipinski definition) is 2. The number of rotatable bonds is 5. The Kier molecular flexibility index (Phi) is 4.68. The van der Waals surface area contributed by atoms with Crippen molar-refractivity contribution in [3.63, 3.8) is 0 Å². The molecule has 2 aromatic heterocycles. The van der Waals surface area contributed by atoms with Gasteiger partial charge in [0.05, 0.1) is 25.3 Å². The van der Waals surface area contributed by atoms with Crippen molar-refractivity contribution in [3.8, 4) is 6.01 Å². The van der Waals surface area contributed by atoms with Crippen molar-refractivity contribution >= 4 is 11.0 Å². The van der Waals surface area contributed by atoms with E-state index >= 15 is 0 Å². The molecule has 7 nitrogen and oxygen atoms in total. The fraction of sp³-hybridized carbons (Fsp3) is 0.312. The van der Waals surface area contributed by atoms with Gasteiger partial charge in [-0.3, -0.25) is 9.78 Å². The zero-order valence-electron chi connectivity index (χ0n) is 13.7. The molecule has 0 unspecified atom stereocenters. The van der Waals surface area contributed by atoms with Crippen LogP contribution in [0.25, 0.3) is 11.0 Å². The number of halogens is 3. The average molecular weight is 368 g/mol. The SMILES string of the molecule is CCOc1nc2c(c(CO)nn2Cc2ccc(C(F)(F)F)cc2)c(=O)[nH]1. The quantitative estimate of drug-likeness (QED) is 0.719. The van der Waals surface area contributed by atoms with E-state index in [1.54, 1.807) is 6.92 Å². The third kappa shape index (κ3) is 3.40. The molecule has 0 spiro atoms. The molecular weight excluding hydrogens is 353 g/mol. The first-order valence-corrected chi connectivity index (χ1v) is 7.73. The molecule has 2 heterocycles. The summed E-state index contributed by atoms with van der Waals surface area (Å²) in [6.07, 6.45) is -4.41. The highest BCUT2D eigenvalue weighted by molar-refractivity contribution is 5.77. The summed E-state index contributed by atoms with van der Waals surface area (Å²) in [7, 11) is 0. The molecule has 0 aliphatic carbocycles. The minimum Gasteiger partial charge on any atom is -0.465 e. The van der Waals surface area contributed by atoms with E-state index in [2.05, 4.69) is 15.1 Å². The summed E-state index contributed by atoms with van der Waals surface area (Å²) in [6.45, 7) is 1.61. The van der Waals surface area contributed by atoms with Gasteiger partial charge in [0.25, 0.3) is 11.6 Å². The van der Waals surface area contributed by atoms with Gasteiger partial charge in [-0.1, -0.05) is 12.1 Å². The number of aromatic nitrogens is 4. The van der Waals surface area contributed by atoms with Crippen LogP contribution < -0.4 is 10.3 Å². The summed E-state index contributed by atoms with van der Waals surface area (Å²) in [5.41, 5.74) is -0.422. The highest BCUT2D eigenvalue weighted by Crippen LogP contribution is 2.29. The number of nitrogens with zero attached hydrogens (tertiary/aromatic N) is 3. The third-order valence-corrected chi connectivity index (χ3v) is 3.70. The third-order valence-electron chi connectivity index (χ3n) is 3.70. The van der Waals surface area contributed by atoms with Crippen molar-refractivity contribution in [2.24, 2.45) is 0 Å². The first kappa shape index (κ1) is 17.9. The highest BCUT2D eigenvalue weighted by atomic mass is 19.4. The molecule has 0 radical (unpaired) electrons. The second kappa shape index (κ2) is 6.79. The normalized spacial score (nSPS) is 11.9. The number of nitrogens with one attached hydrogen (secondary N) is 1. The maximum absolute atomic E-state index is 12.7. The van der Waals surface area contributed by atoms with Gasteiger partial charge >= 0.3 is 6.18 Å². The van der Waals surface area contributed by atoms with E-state index in [9.17, 15) is 23.1 Å². The van der Waals surface area contributed by atoms with Crippen molar-refractivity contribution < 1.29 is 23.0 Å². The molecular formula is C16H15F3N4O3. The van der Waals surface area contributed by atoms with Crippen LogP contribution >= 0.6 is 0 Å². The Bertz CT molecular complexity index is 977. The number of alkyl halides is 3. The van der Waals surface area contributed by atoms with Crippen LogP contribution in [0.15, 0.2) is 29.1 Å². The van der Waals surface area contributed by atoms with Crippen molar-refractivity contribution in [2.75, 3.05) is 6.61 Å². The second-order valence-electron chi connectivity index (χ2n) is 5.46. The van der Waals surface area contributed by atoms with Crippen LogP contribution in [0.3, 0.4) is 0 Å². The van der Waals surface area contributed by atoms with E-state index in [4.69, 9.17) is 4.74 Å². The zero-order valence-corrected chi connectivity index (χ0v) is 13.7. The van der Waals surface area contributed by atoms with Gasteiger partial charge in [-0.2, -0.15) is 23.3 Å². The molecule has 0 aliphatic rings. The Hall–Kier alpha value is -2.88. The molecule has 26 heavy (non-hydrogen) atoms. The monoisotopic (exact) mass is 368 g/mol. The summed E-state index contributed by atoms with van der Waals surface area (Å²) in [5.74, 6) is 0. The molecule has 0 amide bonds. The fourth-order valence-electron chi connectivity index (χ4n) is 2.53. The maximum atomic E-state index is 12.7. The van der Waals surface area contributed by atoms with E-state index in [1.807, 2.05) is 0 Å². The predicted molar refractivity (Wildman–Crippen MR) is 85.8 cm³/mol. The van der Waals surface area contributed by atoms with Gasteiger partial charge in [0.2, 0.25) is 0 Å². The van der Waals surface area contributed by atoms with Gasteiger partial charge in [-0.05, 0) is 24.6 Å². The van der Waals surface area contributed by atoms with Crippen LogP contribution in [0.4, 0.5) is 13.2 Å². The lowest BCUT2D eigenvalue weighted by Crippen LogP contribution is -2.12. The number of ether oxygens (including phenoxy) is 1. The Labute approximate surface area is 145 Å². The largest absolute Gasteiger partial charge is 0.465 e. The van der Waals surface area contributed by atoms with Crippen LogP contribution in [-0.4, -0.2) is 31.5 Å². The van der Waals surface area contributed by atoms with Crippen LogP contribution in [0.5, 0.6) is 6.01 Å². The van der Waals surface area contributed by atoms with Gasteiger partial charge in [0.15, 0.2) is 5.65 Å². The molecule has 3 rings (SSSR count). The number of H-pyrrole nitrogens is 1. The van der Waals surface area contributed by atoms with Crippen LogP contribution in [-0.2, 0) is 19.3 Å². The zero-order chi connectivity index (χ0) is 18.9. The Morgan fingerprint density at radius 1 is 1.27 bits per heavy atom. The van der Waals surface area contributed by atoms with Crippen LogP contribution in [0, 0.1) is 0 Å². The van der Waals surface area contributed by atoms with Crippen LogP contribution in [0.2, 0.25) is 0 Å². The topological polar surface area (TPSA) is 93.0 Å².